The topological polar surface area (TPSA) is 39.4 Å². The summed E-state index contributed by atoms with van der Waals surface area (Å²) in [7, 11) is 1.71. The number of Topliss-reactive ketones (excluding diaryl/α,β-unsaturated/α-hetero) is 1. The first-order valence-corrected chi connectivity index (χ1v) is 8.75. The average Bonchev–Trinajstić information content (AvgIpc) is 2.95. The van der Waals surface area contributed by atoms with Crippen molar-refractivity contribution < 1.29 is 13.9 Å². The van der Waals surface area contributed by atoms with E-state index >= 15 is 0 Å². The molecule has 3 heteroatoms. The van der Waals surface area contributed by atoms with Crippen molar-refractivity contribution in [2.24, 2.45) is 0 Å². The molecular formula is C21H26O3. The Morgan fingerprint density at radius 3 is 2.88 bits per heavy atom. The second kappa shape index (κ2) is 6.46. The second-order valence-corrected chi connectivity index (χ2v) is 6.89. The van der Waals surface area contributed by atoms with Crippen LogP contribution in [0.4, 0.5) is 0 Å². The highest BCUT2D eigenvalue weighted by atomic mass is 16.5. The summed E-state index contributed by atoms with van der Waals surface area (Å²) in [6.45, 7) is 8.11. The first-order valence-electron chi connectivity index (χ1n) is 8.75. The van der Waals surface area contributed by atoms with Gasteiger partial charge in [0.1, 0.15) is 0 Å². The summed E-state index contributed by atoms with van der Waals surface area (Å²) in [6, 6.07) is 0. The lowest BCUT2D eigenvalue weighted by Gasteiger charge is -2.28. The third-order valence-electron chi connectivity index (χ3n) is 5.38. The van der Waals surface area contributed by atoms with Crippen LogP contribution in [0.1, 0.15) is 61.8 Å². The number of ether oxygens (including phenoxy) is 1. The van der Waals surface area contributed by atoms with Gasteiger partial charge in [0.15, 0.2) is 17.1 Å². The fourth-order valence-corrected chi connectivity index (χ4v) is 4.00. The van der Waals surface area contributed by atoms with E-state index in [2.05, 4.69) is 6.92 Å². The van der Waals surface area contributed by atoms with Crippen molar-refractivity contribution in [1.82, 2.24) is 0 Å². The van der Waals surface area contributed by atoms with Crippen molar-refractivity contribution in [1.29, 1.82) is 0 Å². The summed E-state index contributed by atoms with van der Waals surface area (Å²) in [4.78, 5) is 12.6. The first-order chi connectivity index (χ1) is 11.5. The van der Waals surface area contributed by atoms with Crippen LogP contribution < -0.4 is 4.74 Å². The summed E-state index contributed by atoms with van der Waals surface area (Å²) >= 11 is 0. The van der Waals surface area contributed by atoms with E-state index in [1.165, 1.54) is 11.1 Å². The Kier molecular flexibility index (Phi) is 4.53. The maximum absolute atomic E-state index is 12.6. The number of rotatable bonds is 4. The van der Waals surface area contributed by atoms with Crippen molar-refractivity contribution in [2.75, 3.05) is 7.11 Å². The Bertz CT molecular complexity index is 823. The van der Waals surface area contributed by atoms with Gasteiger partial charge in [0, 0.05) is 17.4 Å². The molecule has 1 aliphatic carbocycles. The third-order valence-corrected chi connectivity index (χ3v) is 5.38. The number of aryl methyl sites for hydroxylation is 1. The van der Waals surface area contributed by atoms with E-state index < -0.39 is 0 Å². The highest BCUT2D eigenvalue weighted by Gasteiger charge is 2.29. The van der Waals surface area contributed by atoms with E-state index in [0.717, 1.165) is 52.7 Å². The summed E-state index contributed by atoms with van der Waals surface area (Å²) < 4.78 is 11.6. The van der Waals surface area contributed by atoms with Crippen molar-refractivity contribution in [3.8, 4) is 5.75 Å². The molecule has 3 rings (SSSR count). The molecule has 0 radical (unpaired) electrons. The summed E-state index contributed by atoms with van der Waals surface area (Å²) in [5.74, 6) is 1.48. The van der Waals surface area contributed by atoms with Crippen LogP contribution in [-0.2, 0) is 17.6 Å². The third kappa shape index (κ3) is 2.56. The van der Waals surface area contributed by atoms with Crippen LogP contribution in [0.2, 0.25) is 0 Å². The molecule has 1 aliphatic rings. The standard InChI is InChI=1S/C21H26O3/c1-6-12(2)17(22)10-16-18-13(3)8-7-9-15(18)20(23-5)21-19(16)14(4)11-24-21/h6,11,13H,7-10H2,1-5H3/t13-/m0/s1. The molecule has 0 N–H and O–H groups in total. The molecule has 0 aliphatic heterocycles. The van der Waals surface area contributed by atoms with Gasteiger partial charge in [-0.05, 0) is 68.2 Å². The second-order valence-electron chi connectivity index (χ2n) is 6.89. The molecule has 0 amide bonds. The number of ketones is 1. The van der Waals surface area contributed by atoms with Gasteiger partial charge in [0.25, 0.3) is 0 Å². The van der Waals surface area contributed by atoms with E-state index in [-0.39, 0.29) is 5.78 Å². The molecule has 0 unspecified atom stereocenters. The highest BCUT2D eigenvalue weighted by molar-refractivity contribution is 6.01. The number of methoxy groups -OCH3 is 1. The predicted molar refractivity (Wildman–Crippen MR) is 97.0 cm³/mol. The van der Waals surface area contributed by atoms with E-state index in [1.807, 2.05) is 26.8 Å². The van der Waals surface area contributed by atoms with Crippen LogP contribution in [0.15, 0.2) is 22.3 Å². The van der Waals surface area contributed by atoms with Crippen LogP contribution >= 0.6 is 0 Å². The van der Waals surface area contributed by atoms with Crippen LogP contribution in [0.5, 0.6) is 5.75 Å². The molecule has 1 heterocycles. The molecular weight excluding hydrogens is 300 g/mol. The molecule has 0 fully saturated rings. The minimum absolute atomic E-state index is 0.185. The molecule has 128 valence electrons. The van der Waals surface area contributed by atoms with Crippen LogP contribution in [-0.4, -0.2) is 12.9 Å². The molecule has 0 saturated heterocycles. The molecule has 2 aromatic rings. The van der Waals surface area contributed by atoms with E-state index in [9.17, 15) is 4.79 Å². The number of benzene rings is 1. The average molecular weight is 326 g/mol. The Morgan fingerprint density at radius 2 is 2.21 bits per heavy atom. The molecule has 0 bridgehead atoms. The van der Waals surface area contributed by atoms with Gasteiger partial charge in [-0.15, -0.1) is 0 Å². The molecule has 1 aromatic heterocycles. The minimum Gasteiger partial charge on any atom is -0.493 e. The number of allylic oxidation sites excluding steroid dienone is 2. The Hall–Kier alpha value is -2.03. The van der Waals surface area contributed by atoms with Gasteiger partial charge in [-0.1, -0.05) is 13.0 Å². The number of carbonyl (C=O) groups excluding carboxylic acids is 1. The molecule has 3 nitrogen and oxygen atoms in total. The van der Waals surface area contributed by atoms with Gasteiger partial charge >= 0.3 is 0 Å². The van der Waals surface area contributed by atoms with Crippen molar-refractivity contribution in [3.05, 3.63) is 40.2 Å². The Balaban J connectivity index is 2.31. The normalized spacial score (nSPS) is 17.9. The first kappa shape index (κ1) is 16.8. The Morgan fingerprint density at radius 1 is 1.46 bits per heavy atom. The van der Waals surface area contributed by atoms with Crippen LogP contribution in [0.25, 0.3) is 11.0 Å². The van der Waals surface area contributed by atoms with Crippen LogP contribution in [0.3, 0.4) is 0 Å². The largest absolute Gasteiger partial charge is 0.493 e. The SMILES string of the molecule is CC=C(C)C(=O)Cc1c2c(c(OC)c3occ(C)c13)CCC[C@@H]2C. The molecule has 0 spiro atoms. The summed E-state index contributed by atoms with van der Waals surface area (Å²) in [5.41, 5.74) is 6.38. The van der Waals surface area contributed by atoms with Crippen molar-refractivity contribution >= 4 is 16.8 Å². The monoisotopic (exact) mass is 326 g/mol. The van der Waals surface area contributed by atoms with Crippen molar-refractivity contribution in [3.63, 3.8) is 0 Å². The maximum Gasteiger partial charge on any atom is 0.176 e. The van der Waals surface area contributed by atoms with Gasteiger partial charge < -0.3 is 9.15 Å². The molecule has 0 saturated carbocycles. The van der Waals surface area contributed by atoms with Gasteiger partial charge in [-0.3, -0.25) is 4.79 Å². The zero-order chi connectivity index (χ0) is 17.4. The lowest BCUT2D eigenvalue weighted by Crippen LogP contribution is -2.15. The number of furan rings is 1. The van der Waals surface area contributed by atoms with E-state index in [1.54, 1.807) is 13.4 Å². The highest BCUT2D eigenvalue weighted by Crippen LogP contribution is 2.46. The van der Waals surface area contributed by atoms with Crippen molar-refractivity contribution in [2.45, 2.75) is 59.3 Å². The Labute approximate surface area is 143 Å². The molecule has 1 aromatic carbocycles. The van der Waals surface area contributed by atoms with Gasteiger partial charge in [0.05, 0.1) is 13.4 Å². The lowest BCUT2D eigenvalue weighted by molar-refractivity contribution is -0.114. The lowest BCUT2D eigenvalue weighted by atomic mass is 9.77. The van der Waals surface area contributed by atoms with Gasteiger partial charge in [-0.25, -0.2) is 0 Å². The fourth-order valence-electron chi connectivity index (χ4n) is 4.00. The number of fused-ring (bicyclic) bond motifs is 2. The number of hydrogen-bond donors (Lipinski definition) is 0. The summed E-state index contributed by atoms with van der Waals surface area (Å²) in [5, 5.41) is 1.07. The zero-order valence-electron chi connectivity index (χ0n) is 15.3. The predicted octanol–water partition coefficient (Wildman–Crippen LogP) is 5.27. The van der Waals surface area contributed by atoms with Gasteiger partial charge in [-0.2, -0.15) is 0 Å². The maximum atomic E-state index is 12.6. The molecule has 24 heavy (non-hydrogen) atoms. The van der Waals surface area contributed by atoms with E-state index in [0.29, 0.717) is 12.3 Å². The van der Waals surface area contributed by atoms with Crippen LogP contribution in [0, 0.1) is 6.92 Å². The minimum atomic E-state index is 0.185. The van der Waals surface area contributed by atoms with Gasteiger partial charge in [0.2, 0.25) is 0 Å². The number of carbonyl (C=O) groups is 1. The quantitative estimate of drug-likeness (QED) is 0.719. The van der Waals surface area contributed by atoms with E-state index in [4.69, 9.17) is 9.15 Å². The summed E-state index contributed by atoms with van der Waals surface area (Å²) in [6.07, 6.45) is 7.40. The smallest absolute Gasteiger partial charge is 0.176 e. The zero-order valence-corrected chi connectivity index (χ0v) is 15.3. The molecule has 1 atom stereocenters. The fraction of sp³-hybridized carbons (Fsp3) is 0.476. The number of hydrogen-bond acceptors (Lipinski definition) is 3.